The van der Waals surface area contributed by atoms with Gasteiger partial charge in [0.2, 0.25) is 0 Å². The average Bonchev–Trinajstić information content (AvgIpc) is 2.61. The van der Waals surface area contributed by atoms with Gasteiger partial charge in [-0.05, 0) is 25.7 Å². The van der Waals surface area contributed by atoms with Gasteiger partial charge in [0.15, 0.2) is 0 Å². The van der Waals surface area contributed by atoms with Crippen LogP contribution in [0.3, 0.4) is 0 Å². The maximum atomic E-state index is 12.2. The normalized spacial score (nSPS) is 25.7. The molecule has 2 rings (SSSR count). The molecule has 1 saturated heterocycles. The Balaban J connectivity index is 1.75. The molecule has 2 N–H and O–H groups in total. The number of carbonyl (C=O) groups is 1. The fourth-order valence-corrected chi connectivity index (χ4v) is 3.06. The smallest absolute Gasteiger partial charge is 0.149 e. The number of nitrogens with two attached hydrogens (primary N) is 1. The summed E-state index contributed by atoms with van der Waals surface area (Å²) in [5.74, 6) is 0.843. The van der Waals surface area contributed by atoms with Crippen molar-refractivity contribution in [3.05, 3.63) is 0 Å². The van der Waals surface area contributed by atoms with Crippen LogP contribution in [0.25, 0.3) is 0 Å². The Morgan fingerprint density at radius 2 is 1.59 bits per heavy atom. The van der Waals surface area contributed by atoms with Gasteiger partial charge in [0.25, 0.3) is 0 Å². The zero-order chi connectivity index (χ0) is 12.1. The second kappa shape index (κ2) is 6.50. The first-order chi connectivity index (χ1) is 8.25. The van der Waals surface area contributed by atoms with Gasteiger partial charge >= 0.3 is 0 Å². The second-order valence-electron chi connectivity index (χ2n) is 5.77. The molecule has 0 bridgehead atoms. The molecule has 2 aliphatic rings. The second-order valence-corrected chi connectivity index (χ2v) is 5.77. The molecule has 0 radical (unpaired) electrons. The molecule has 17 heavy (non-hydrogen) atoms. The maximum absolute atomic E-state index is 12.2. The zero-order valence-corrected chi connectivity index (χ0v) is 10.9. The fraction of sp³-hybridized carbons (Fsp3) is 0.929. The van der Waals surface area contributed by atoms with Crippen molar-refractivity contribution in [3.63, 3.8) is 0 Å². The summed E-state index contributed by atoms with van der Waals surface area (Å²) >= 11 is 0. The quantitative estimate of drug-likeness (QED) is 0.764. The standard InChI is InChI=1S/C14H26N2O/c15-13-7-9-16(10-8-13)11-14(17)12-5-3-1-2-4-6-12/h12-13H,1-11,15H2. The van der Waals surface area contributed by atoms with Crippen LogP contribution in [0.1, 0.15) is 51.4 Å². The molecule has 3 nitrogen and oxygen atoms in total. The van der Waals surface area contributed by atoms with Gasteiger partial charge < -0.3 is 5.73 Å². The van der Waals surface area contributed by atoms with Gasteiger partial charge in [-0.3, -0.25) is 9.69 Å². The van der Waals surface area contributed by atoms with Gasteiger partial charge in [0.05, 0.1) is 6.54 Å². The summed E-state index contributed by atoms with van der Waals surface area (Å²) < 4.78 is 0. The Labute approximate surface area is 105 Å². The number of likely N-dealkylation sites (tertiary alicyclic amines) is 1. The Morgan fingerprint density at radius 1 is 1.00 bits per heavy atom. The van der Waals surface area contributed by atoms with Crippen LogP contribution in [-0.2, 0) is 4.79 Å². The van der Waals surface area contributed by atoms with Crippen LogP contribution in [0.5, 0.6) is 0 Å². The van der Waals surface area contributed by atoms with E-state index in [1.54, 1.807) is 0 Å². The Morgan fingerprint density at radius 3 is 2.18 bits per heavy atom. The highest BCUT2D eigenvalue weighted by Crippen LogP contribution is 2.24. The Bertz CT molecular complexity index is 239. The minimum Gasteiger partial charge on any atom is -0.328 e. The SMILES string of the molecule is NC1CCN(CC(=O)C2CCCCCC2)CC1. The molecule has 0 aromatic rings. The summed E-state index contributed by atoms with van der Waals surface area (Å²) in [6.45, 7) is 2.70. The fourth-order valence-electron chi connectivity index (χ4n) is 3.06. The number of hydrogen-bond donors (Lipinski definition) is 1. The number of carbonyl (C=O) groups excluding carboxylic acids is 1. The summed E-state index contributed by atoms with van der Waals surface area (Å²) in [5, 5.41) is 0. The molecule has 0 spiro atoms. The lowest BCUT2D eigenvalue weighted by Gasteiger charge is -2.30. The van der Waals surface area contributed by atoms with Crippen LogP contribution in [0.15, 0.2) is 0 Å². The van der Waals surface area contributed by atoms with Crippen LogP contribution in [-0.4, -0.2) is 36.4 Å². The molecule has 1 aliphatic carbocycles. The number of nitrogens with zero attached hydrogens (tertiary/aromatic N) is 1. The molecule has 1 heterocycles. The van der Waals surface area contributed by atoms with E-state index in [9.17, 15) is 4.79 Å². The number of rotatable bonds is 3. The highest BCUT2D eigenvalue weighted by molar-refractivity contribution is 5.83. The van der Waals surface area contributed by atoms with Gasteiger partial charge in [-0.15, -0.1) is 0 Å². The van der Waals surface area contributed by atoms with Gasteiger partial charge in [-0.1, -0.05) is 25.7 Å². The van der Waals surface area contributed by atoms with Gasteiger partial charge in [-0.25, -0.2) is 0 Å². The molecule has 0 amide bonds. The zero-order valence-electron chi connectivity index (χ0n) is 10.9. The van der Waals surface area contributed by atoms with Crippen molar-refractivity contribution >= 4 is 5.78 Å². The van der Waals surface area contributed by atoms with E-state index in [1.807, 2.05) is 0 Å². The van der Waals surface area contributed by atoms with Gasteiger partial charge in [0.1, 0.15) is 5.78 Å². The van der Waals surface area contributed by atoms with Gasteiger partial charge in [-0.2, -0.15) is 0 Å². The molecule has 0 aromatic carbocycles. The third kappa shape index (κ3) is 4.07. The maximum Gasteiger partial charge on any atom is 0.149 e. The predicted molar refractivity (Wildman–Crippen MR) is 69.8 cm³/mol. The van der Waals surface area contributed by atoms with Crippen LogP contribution in [0.2, 0.25) is 0 Å². The van der Waals surface area contributed by atoms with Crippen molar-refractivity contribution in [1.82, 2.24) is 4.90 Å². The molecular formula is C14H26N2O. The number of ketones is 1. The molecule has 98 valence electrons. The number of hydrogen-bond acceptors (Lipinski definition) is 3. The van der Waals surface area contributed by atoms with Crippen LogP contribution in [0, 0.1) is 5.92 Å². The largest absolute Gasteiger partial charge is 0.328 e. The first-order valence-electron chi connectivity index (χ1n) is 7.26. The lowest BCUT2D eigenvalue weighted by molar-refractivity contribution is -0.124. The first-order valence-corrected chi connectivity index (χ1v) is 7.26. The van der Waals surface area contributed by atoms with E-state index in [4.69, 9.17) is 5.73 Å². The van der Waals surface area contributed by atoms with E-state index in [2.05, 4.69) is 4.90 Å². The average molecular weight is 238 g/mol. The molecule has 0 unspecified atom stereocenters. The van der Waals surface area contributed by atoms with E-state index in [0.29, 0.717) is 24.3 Å². The van der Waals surface area contributed by atoms with Crippen molar-refractivity contribution in [2.75, 3.05) is 19.6 Å². The summed E-state index contributed by atoms with van der Waals surface area (Å²) in [4.78, 5) is 14.5. The topological polar surface area (TPSA) is 46.3 Å². The van der Waals surface area contributed by atoms with Crippen LogP contribution in [0.4, 0.5) is 0 Å². The first kappa shape index (κ1) is 13.0. The minimum atomic E-state index is 0.355. The highest BCUT2D eigenvalue weighted by Gasteiger charge is 2.24. The predicted octanol–water partition coefficient (Wildman–Crippen LogP) is 1.95. The molecular weight excluding hydrogens is 212 g/mol. The molecule has 1 aliphatic heterocycles. The molecule has 3 heteroatoms. The highest BCUT2D eigenvalue weighted by atomic mass is 16.1. The molecule has 0 aromatic heterocycles. The Kier molecular flexibility index (Phi) is 4.99. The van der Waals surface area contributed by atoms with Crippen LogP contribution < -0.4 is 5.73 Å². The molecule has 2 fully saturated rings. The van der Waals surface area contributed by atoms with E-state index in [-0.39, 0.29) is 0 Å². The third-order valence-corrected chi connectivity index (χ3v) is 4.32. The summed E-state index contributed by atoms with van der Waals surface area (Å²) in [7, 11) is 0. The summed E-state index contributed by atoms with van der Waals surface area (Å²) in [5.41, 5.74) is 5.88. The summed E-state index contributed by atoms with van der Waals surface area (Å²) in [6.07, 6.45) is 9.52. The van der Waals surface area contributed by atoms with Crippen molar-refractivity contribution in [2.45, 2.75) is 57.4 Å². The third-order valence-electron chi connectivity index (χ3n) is 4.32. The number of piperidine rings is 1. The lowest BCUT2D eigenvalue weighted by Crippen LogP contribution is -2.43. The number of Topliss-reactive ketones (excluding diaryl/α,β-unsaturated/α-hetero) is 1. The van der Waals surface area contributed by atoms with Crippen molar-refractivity contribution < 1.29 is 4.79 Å². The van der Waals surface area contributed by atoms with Gasteiger partial charge in [0, 0.05) is 25.0 Å². The summed E-state index contributed by atoms with van der Waals surface area (Å²) in [6, 6.07) is 0.360. The monoisotopic (exact) mass is 238 g/mol. The lowest BCUT2D eigenvalue weighted by atomic mass is 9.94. The Hall–Kier alpha value is -0.410. The van der Waals surface area contributed by atoms with Crippen molar-refractivity contribution in [1.29, 1.82) is 0 Å². The minimum absolute atomic E-state index is 0.355. The molecule has 1 saturated carbocycles. The van der Waals surface area contributed by atoms with E-state index in [1.165, 1.54) is 25.7 Å². The van der Waals surface area contributed by atoms with E-state index in [0.717, 1.165) is 38.8 Å². The van der Waals surface area contributed by atoms with Crippen molar-refractivity contribution in [2.24, 2.45) is 11.7 Å². The van der Waals surface area contributed by atoms with E-state index < -0.39 is 0 Å². The van der Waals surface area contributed by atoms with Crippen molar-refractivity contribution in [3.8, 4) is 0 Å². The molecule has 0 atom stereocenters. The van der Waals surface area contributed by atoms with Crippen LogP contribution >= 0.6 is 0 Å². The van der Waals surface area contributed by atoms with E-state index >= 15 is 0 Å².